The van der Waals surface area contributed by atoms with Crippen molar-refractivity contribution in [1.82, 2.24) is 0 Å². The lowest BCUT2D eigenvalue weighted by Gasteiger charge is -2.12. The summed E-state index contributed by atoms with van der Waals surface area (Å²) in [6, 6.07) is 8.29. The minimum Gasteiger partial charge on any atom is -0.496 e. The van der Waals surface area contributed by atoms with Crippen LogP contribution in [0.15, 0.2) is 28.7 Å². The van der Waals surface area contributed by atoms with E-state index in [4.69, 9.17) is 10.5 Å². The van der Waals surface area contributed by atoms with Gasteiger partial charge in [-0.05, 0) is 64.5 Å². The lowest BCUT2D eigenvalue weighted by molar-refractivity contribution is 0.412. The number of thiophene rings is 1. The van der Waals surface area contributed by atoms with Gasteiger partial charge in [-0.2, -0.15) is 0 Å². The van der Waals surface area contributed by atoms with E-state index in [-0.39, 0.29) is 6.04 Å². The zero-order chi connectivity index (χ0) is 13.4. The van der Waals surface area contributed by atoms with Gasteiger partial charge in [-0.15, -0.1) is 11.3 Å². The second-order valence-corrected chi connectivity index (χ2v) is 6.85. The number of ether oxygens (including phenoxy) is 1. The van der Waals surface area contributed by atoms with E-state index in [9.17, 15) is 0 Å². The summed E-state index contributed by atoms with van der Waals surface area (Å²) in [5, 5.41) is 0. The van der Waals surface area contributed by atoms with Crippen LogP contribution < -0.4 is 10.5 Å². The largest absolute Gasteiger partial charge is 0.496 e. The molecule has 0 fully saturated rings. The van der Waals surface area contributed by atoms with Gasteiger partial charge in [0.05, 0.1) is 17.6 Å². The number of benzene rings is 1. The Bertz CT molecular complexity index is 587. The summed E-state index contributed by atoms with van der Waals surface area (Å²) in [4.78, 5) is 2.79. The smallest absolute Gasteiger partial charge is 0.133 e. The molecule has 1 aliphatic rings. The van der Waals surface area contributed by atoms with Crippen LogP contribution in [0, 0.1) is 0 Å². The van der Waals surface area contributed by atoms with Crippen molar-refractivity contribution < 1.29 is 4.74 Å². The summed E-state index contributed by atoms with van der Waals surface area (Å²) in [5.41, 5.74) is 9.01. The summed E-state index contributed by atoms with van der Waals surface area (Å²) in [6.07, 6.45) is 3.73. The van der Waals surface area contributed by atoms with Gasteiger partial charge < -0.3 is 10.5 Å². The Morgan fingerprint density at radius 1 is 1.32 bits per heavy atom. The van der Waals surface area contributed by atoms with E-state index in [1.54, 1.807) is 7.11 Å². The molecule has 1 unspecified atom stereocenters. The third kappa shape index (κ3) is 2.45. The van der Waals surface area contributed by atoms with Gasteiger partial charge in [-0.3, -0.25) is 0 Å². The van der Waals surface area contributed by atoms with Crippen molar-refractivity contribution >= 4 is 27.3 Å². The van der Waals surface area contributed by atoms with Crippen LogP contribution in [0.1, 0.15) is 33.3 Å². The standard InChI is InChI=1S/C15H16BrNOS/c1-18-12-6-5-10(7-11(12)16)15(17)14-8-9-3-2-4-13(9)19-14/h5-8,15H,2-4,17H2,1H3. The van der Waals surface area contributed by atoms with E-state index < -0.39 is 0 Å². The third-order valence-corrected chi connectivity index (χ3v) is 5.55. The van der Waals surface area contributed by atoms with E-state index in [0.717, 1.165) is 15.8 Å². The Balaban J connectivity index is 1.90. The maximum absolute atomic E-state index is 6.39. The van der Waals surface area contributed by atoms with E-state index in [0.29, 0.717) is 0 Å². The second-order valence-electron chi connectivity index (χ2n) is 4.82. The fraction of sp³-hybridized carbons (Fsp3) is 0.333. The predicted octanol–water partition coefficient (Wildman–Crippen LogP) is 4.06. The van der Waals surface area contributed by atoms with Gasteiger partial charge in [-0.25, -0.2) is 0 Å². The minimum absolute atomic E-state index is 0.0437. The summed E-state index contributed by atoms with van der Waals surface area (Å²) in [5.74, 6) is 0.838. The molecule has 4 heteroatoms. The zero-order valence-electron chi connectivity index (χ0n) is 10.8. The first-order valence-corrected chi connectivity index (χ1v) is 8.00. The van der Waals surface area contributed by atoms with Crippen LogP contribution in [-0.2, 0) is 12.8 Å². The Hall–Kier alpha value is -0.840. The van der Waals surface area contributed by atoms with Gasteiger partial charge >= 0.3 is 0 Å². The van der Waals surface area contributed by atoms with Crippen molar-refractivity contribution in [3.63, 3.8) is 0 Å². The third-order valence-electron chi connectivity index (χ3n) is 3.61. The maximum Gasteiger partial charge on any atom is 0.133 e. The maximum atomic E-state index is 6.39. The van der Waals surface area contributed by atoms with Crippen LogP contribution in [0.3, 0.4) is 0 Å². The van der Waals surface area contributed by atoms with Crippen molar-refractivity contribution in [1.29, 1.82) is 0 Å². The highest BCUT2D eigenvalue weighted by atomic mass is 79.9. The fourth-order valence-electron chi connectivity index (χ4n) is 2.55. The van der Waals surface area contributed by atoms with Gasteiger partial charge in [-0.1, -0.05) is 6.07 Å². The van der Waals surface area contributed by atoms with Gasteiger partial charge in [0.15, 0.2) is 0 Å². The molecule has 3 rings (SSSR count). The Kier molecular flexibility index (Phi) is 3.65. The van der Waals surface area contributed by atoms with Gasteiger partial charge in [0.1, 0.15) is 5.75 Å². The quantitative estimate of drug-likeness (QED) is 0.916. The molecule has 2 aromatic rings. The molecule has 0 saturated heterocycles. The molecule has 0 radical (unpaired) electrons. The molecule has 0 spiro atoms. The number of nitrogens with two attached hydrogens (primary N) is 1. The highest BCUT2D eigenvalue weighted by Gasteiger charge is 2.19. The Morgan fingerprint density at radius 2 is 2.16 bits per heavy atom. The Labute approximate surface area is 125 Å². The van der Waals surface area contributed by atoms with E-state index in [1.807, 2.05) is 29.5 Å². The first-order chi connectivity index (χ1) is 9.19. The lowest BCUT2D eigenvalue weighted by atomic mass is 10.1. The van der Waals surface area contributed by atoms with Crippen LogP contribution in [0.2, 0.25) is 0 Å². The van der Waals surface area contributed by atoms with E-state index >= 15 is 0 Å². The summed E-state index contributed by atoms with van der Waals surface area (Å²) in [7, 11) is 1.67. The molecule has 2 nitrogen and oxygen atoms in total. The molecule has 1 atom stereocenters. The molecule has 19 heavy (non-hydrogen) atoms. The van der Waals surface area contributed by atoms with Crippen LogP contribution in [0.25, 0.3) is 0 Å². The molecule has 100 valence electrons. The molecule has 0 amide bonds. The van der Waals surface area contributed by atoms with Crippen molar-refractivity contribution in [2.45, 2.75) is 25.3 Å². The molecule has 0 aliphatic heterocycles. The predicted molar refractivity (Wildman–Crippen MR) is 83.1 cm³/mol. The number of hydrogen-bond acceptors (Lipinski definition) is 3. The van der Waals surface area contributed by atoms with E-state index in [1.165, 1.54) is 34.6 Å². The topological polar surface area (TPSA) is 35.2 Å². The van der Waals surface area contributed by atoms with E-state index in [2.05, 4.69) is 22.0 Å². The average Bonchev–Trinajstić information content (AvgIpc) is 2.98. The number of halogens is 1. The van der Waals surface area contributed by atoms with Gasteiger partial charge in [0.25, 0.3) is 0 Å². The molecular weight excluding hydrogens is 322 g/mol. The molecule has 1 aromatic carbocycles. The molecule has 1 heterocycles. The molecule has 1 aliphatic carbocycles. The van der Waals surface area contributed by atoms with Crippen LogP contribution in [0.5, 0.6) is 5.75 Å². The second kappa shape index (κ2) is 5.27. The van der Waals surface area contributed by atoms with Gasteiger partial charge in [0.2, 0.25) is 0 Å². The Morgan fingerprint density at radius 3 is 2.84 bits per heavy atom. The van der Waals surface area contributed by atoms with Crippen LogP contribution in [-0.4, -0.2) is 7.11 Å². The highest BCUT2D eigenvalue weighted by molar-refractivity contribution is 9.10. The van der Waals surface area contributed by atoms with Crippen molar-refractivity contribution in [3.8, 4) is 5.75 Å². The van der Waals surface area contributed by atoms with Crippen LogP contribution >= 0.6 is 27.3 Å². The first kappa shape index (κ1) is 13.2. The normalized spacial score (nSPS) is 15.3. The molecular formula is C15H16BrNOS. The van der Waals surface area contributed by atoms with Crippen molar-refractivity contribution in [2.24, 2.45) is 5.73 Å². The summed E-state index contributed by atoms with van der Waals surface area (Å²) in [6.45, 7) is 0. The highest BCUT2D eigenvalue weighted by Crippen LogP contribution is 2.36. The number of aryl methyl sites for hydroxylation is 2. The summed E-state index contributed by atoms with van der Waals surface area (Å²) >= 11 is 5.38. The molecule has 2 N–H and O–H groups in total. The lowest BCUT2D eigenvalue weighted by Crippen LogP contribution is -2.10. The minimum atomic E-state index is -0.0437. The molecule has 1 aromatic heterocycles. The summed E-state index contributed by atoms with van der Waals surface area (Å²) < 4.78 is 6.20. The zero-order valence-corrected chi connectivity index (χ0v) is 13.2. The SMILES string of the molecule is COc1ccc(C(N)c2cc3c(s2)CCC3)cc1Br. The number of rotatable bonds is 3. The number of hydrogen-bond donors (Lipinski definition) is 1. The fourth-order valence-corrected chi connectivity index (χ4v) is 4.39. The molecule has 0 saturated carbocycles. The number of fused-ring (bicyclic) bond motifs is 1. The van der Waals surface area contributed by atoms with Crippen LogP contribution in [0.4, 0.5) is 0 Å². The monoisotopic (exact) mass is 337 g/mol. The first-order valence-electron chi connectivity index (χ1n) is 6.39. The van der Waals surface area contributed by atoms with Crippen molar-refractivity contribution in [3.05, 3.63) is 49.6 Å². The average molecular weight is 338 g/mol. The number of methoxy groups -OCH3 is 1. The van der Waals surface area contributed by atoms with Crippen molar-refractivity contribution in [2.75, 3.05) is 7.11 Å². The van der Waals surface area contributed by atoms with Gasteiger partial charge in [0, 0.05) is 9.75 Å². The molecule has 0 bridgehead atoms.